The van der Waals surface area contributed by atoms with Gasteiger partial charge in [-0.3, -0.25) is 0 Å². The van der Waals surface area contributed by atoms with E-state index in [1.807, 2.05) is 6.92 Å². The molecule has 0 radical (unpaired) electrons. The van der Waals surface area contributed by atoms with Crippen molar-refractivity contribution in [2.75, 3.05) is 19.6 Å². The van der Waals surface area contributed by atoms with Crippen molar-refractivity contribution in [2.24, 2.45) is 0 Å². The molecule has 2 aliphatic heterocycles. The highest BCUT2D eigenvalue weighted by Gasteiger charge is 2.32. The Morgan fingerprint density at radius 2 is 1.29 bits per heavy atom. The SMILES string of the molecule is C[C@@H]1CCCCN1S(=O)(=O)c1ccc(S(=O)(=O)N2CCCC2)cc1. The molecular formula is C16H24N2O4S2. The van der Waals surface area contributed by atoms with Crippen molar-refractivity contribution in [3.8, 4) is 0 Å². The van der Waals surface area contributed by atoms with E-state index in [-0.39, 0.29) is 15.8 Å². The molecule has 0 saturated carbocycles. The zero-order valence-corrected chi connectivity index (χ0v) is 15.5. The summed E-state index contributed by atoms with van der Waals surface area (Å²) in [5.74, 6) is 0. The van der Waals surface area contributed by atoms with E-state index in [0.29, 0.717) is 19.6 Å². The van der Waals surface area contributed by atoms with Crippen molar-refractivity contribution in [1.82, 2.24) is 8.61 Å². The standard InChI is InChI=1S/C16H24N2O4S2/c1-14-6-2-3-13-18(14)24(21,22)16-9-7-15(8-10-16)23(19,20)17-11-4-5-12-17/h7-10,14H,2-6,11-13H2,1H3/t14-/m1/s1. The Morgan fingerprint density at radius 1 is 0.792 bits per heavy atom. The van der Waals surface area contributed by atoms with Crippen LogP contribution in [-0.2, 0) is 20.0 Å². The van der Waals surface area contributed by atoms with E-state index in [1.165, 1.54) is 32.9 Å². The molecule has 2 aliphatic rings. The summed E-state index contributed by atoms with van der Waals surface area (Å²) in [6.45, 7) is 3.52. The Morgan fingerprint density at radius 3 is 1.83 bits per heavy atom. The third kappa shape index (κ3) is 3.24. The summed E-state index contributed by atoms with van der Waals surface area (Å²) in [4.78, 5) is 0.326. The molecule has 0 aliphatic carbocycles. The van der Waals surface area contributed by atoms with Crippen molar-refractivity contribution in [3.63, 3.8) is 0 Å². The van der Waals surface area contributed by atoms with Crippen LogP contribution in [0.3, 0.4) is 0 Å². The highest BCUT2D eigenvalue weighted by molar-refractivity contribution is 7.89. The average molecular weight is 373 g/mol. The highest BCUT2D eigenvalue weighted by Crippen LogP contribution is 2.27. The van der Waals surface area contributed by atoms with Gasteiger partial charge >= 0.3 is 0 Å². The molecule has 6 nitrogen and oxygen atoms in total. The zero-order valence-electron chi connectivity index (χ0n) is 13.9. The van der Waals surface area contributed by atoms with Crippen LogP contribution in [0.15, 0.2) is 34.1 Å². The lowest BCUT2D eigenvalue weighted by molar-refractivity contribution is 0.268. The lowest BCUT2D eigenvalue weighted by Crippen LogP contribution is -2.41. The van der Waals surface area contributed by atoms with Crippen LogP contribution in [-0.4, -0.2) is 51.1 Å². The van der Waals surface area contributed by atoms with E-state index in [0.717, 1.165) is 32.1 Å². The van der Waals surface area contributed by atoms with Crippen LogP contribution in [0.5, 0.6) is 0 Å². The lowest BCUT2D eigenvalue weighted by atomic mass is 10.1. The Kier molecular flexibility index (Phi) is 5.01. The first kappa shape index (κ1) is 17.8. The number of nitrogens with zero attached hydrogens (tertiary/aromatic N) is 2. The fourth-order valence-corrected chi connectivity index (χ4v) is 6.64. The average Bonchev–Trinajstić information content (AvgIpc) is 3.10. The minimum atomic E-state index is -3.57. The Balaban J connectivity index is 1.86. The highest BCUT2D eigenvalue weighted by atomic mass is 32.2. The Labute approximate surface area is 144 Å². The van der Waals surface area contributed by atoms with Crippen LogP contribution in [0.4, 0.5) is 0 Å². The quantitative estimate of drug-likeness (QED) is 0.810. The molecule has 1 aromatic rings. The molecule has 0 amide bonds. The summed E-state index contributed by atoms with van der Waals surface area (Å²) in [5, 5.41) is 0. The Bertz CT molecular complexity index is 782. The van der Waals surface area contributed by atoms with Gasteiger partial charge in [0.1, 0.15) is 0 Å². The largest absolute Gasteiger partial charge is 0.243 e. The molecule has 0 spiro atoms. The lowest BCUT2D eigenvalue weighted by Gasteiger charge is -2.32. The van der Waals surface area contributed by atoms with Crippen molar-refractivity contribution in [3.05, 3.63) is 24.3 Å². The van der Waals surface area contributed by atoms with E-state index in [2.05, 4.69) is 0 Å². The van der Waals surface area contributed by atoms with E-state index in [1.54, 1.807) is 0 Å². The molecule has 2 fully saturated rings. The first-order valence-electron chi connectivity index (χ1n) is 8.45. The van der Waals surface area contributed by atoms with Crippen molar-refractivity contribution >= 4 is 20.0 Å². The molecule has 24 heavy (non-hydrogen) atoms. The number of rotatable bonds is 4. The van der Waals surface area contributed by atoms with Crippen LogP contribution < -0.4 is 0 Å². The second kappa shape index (κ2) is 6.74. The molecule has 134 valence electrons. The Hall–Kier alpha value is -0.960. The fraction of sp³-hybridized carbons (Fsp3) is 0.625. The van der Waals surface area contributed by atoms with Gasteiger partial charge in [0.2, 0.25) is 20.0 Å². The predicted octanol–water partition coefficient (Wildman–Crippen LogP) is 2.03. The number of sulfonamides is 2. The van der Waals surface area contributed by atoms with Gasteiger partial charge in [0.25, 0.3) is 0 Å². The summed E-state index contributed by atoms with van der Waals surface area (Å²) in [6, 6.07) is 5.64. The number of hydrogen-bond donors (Lipinski definition) is 0. The first-order valence-corrected chi connectivity index (χ1v) is 11.3. The maximum absolute atomic E-state index is 12.8. The topological polar surface area (TPSA) is 74.8 Å². The van der Waals surface area contributed by atoms with Gasteiger partial charge < -0.3 is 0 Å². The van der Waals surface area contributed by atoms with Gasteiger partial charge in [0, 0.05) is 25.7 Å². The third-order valence-electron chi connectivity index (χ3n) is 4.88. The normalized spacial score (nSPS) is 24.3. The van der Waals surface area contributed by atoms with Crippen molar-refractivity contribution < 1.29 is 16.8 Å². The fourth-order valence-electron chi connectivity index (χ4n) is 3.43. The molecule has 2 heterocycles. The summed E-state index contributed by atoms with van der Waals surface area (Å²) < 4.78 is 53.6. The van der Waals surface area contributed by atoms with Gasteiger partial charge in [-0.15, -0.1) is 0 Å². The summed E-state index contributed by atoms with van der Waals surface area (Å²) in [5.41, 5.74) is 0. The van der Waals surface area contributed by atoms with Crippen LogP contribution in [0.2, 0.25) is 0 Å². The maximum atomic E-state index is 12.8. The monoisotopic (exact) mass is 372 g/mol. The molecule has 0 aromatic heterocycles. The van der Waals surface area contributed by atoms with Gasteiger partial charge in [0.05, 0.1) is 9.79 Å². The van der Waals surface area contributed by atoms with Crippen LogP contribution in [0.25, 0.3) is 0 Å². The van der Waals surface area contributed by atoms with Crippen LogP contribution >= 0.6 is 0 Å². The second-order valence-corrected chi connectivity index (χ2v) is 10.4. The smallest absolute Gasteiger partial charge is 0.207 e. The molecule has 2 saturated heterocycles. The van der Waals surface area contributed by atoms with E-state index >= 15 is 0 Å². The van der Waals surface area contributed by atoms with Crippen LogP contribution in [0, 0.1) is 0 Å². The molecule has 0 bridgehead atoms. The van der Waals surface area contributed by atoms with Gasteiger partial charge in [-0.05, 0) is 56.9 Å². The predicted molar refractivity (Wildman–Crippen MR) is 91.6 cm³/mol. The van der Waals surface area contributed by atoms with E-state index in [9.17, 15) is 16.8 Å². The summed E-state index contributed by atoms with van der Waals surface area (Å²) in [7, 11) is -7.08. The van der Waals surface area contributed by atoms with Gasteiger partial charge in [-0.1, -0.05) is 6.42 Å². The van der Waals surface area contributed by atoms with Crippen molar-refractivity contribution in [1.29, 1.82) is 0 Å². The molecule has 8 heteroatoms. The summed E-state index contributed by atoms with van der Waals surface area (Å²) >= 11 is 0. The zero-order chi connectivity index (χ0) is 17.4. The molecular weight excluding hydrogens is 348 g/mol. The van der Waals surface area contributed by atoms with Gasteiger partial charge in [-0.25, -0.2) is 16.8 Å². The number of piperidine rings is 1. The molecule has 1 aromatic carbocycles. The minimum Gasteiger partial charge on any atom is -0.207 e. The first-order chi connectivity index (χ1) is 11.3. The maximum Gasteiger partial charge on any atom is 0.243 e. The molecule has 3 rings (SSSR count). The summed E-state index contributed by atoms with van der Waals surface area (Å²) in [6.07, 6.45) is 4.52. The van der Waals surface area contributed by atoms with Gasteiger partial charge in [0.15, 0.2) is 0 Å². The molecule has 1 atom stereocenters. The third-order valence-corrected chi connectivity index (χ3v) is 8.82. The van der Waals surface area contributed by atoms with Crippen LogP contribution in [0.1, 0.15) is 39.0 Å². The van der Waals surface area contributed by atoms with Crippen molar-refractivity contribution in [2.45, 2.75) is 54.9 Å². The molecule has 0 N–H and O–H groups in total. The van der Waals surface area contributed by atoms with Gasteiger partial charge in [-0.2, -0.15) is 8.61 Å². The van der Waals surface area contributed by atoms with E-state index in [4.69, 9.17) is 0 Å². The minimum absolute atomic E-state index is 0.0169. The molecule has 0 unspecified atom stereocenters. The second-order valence-electron chi connectivity index (χ2n) is 6.54. The number of benzene rings is 1. The van der Waals surface area contributed by atoms with E-state index < -0.39 is 20.0 Å². The number of hydrogen-bond acceptors (Lipinski definition) is 4.